The van der Waals surface area contributed by atoms with E-state index in [1.807, 2.05) is 0 Å². The molecular weight excluding hydrogens is 322 g/mol. The van der Waals surface area contributed by atoms with Crippen molar-refractivity contribution in [2.24, 2.45) is 7.05 Å². The van der Waals surface area contributed by atoms with E-state index in [2.05, 4.69) is 10.4 Å². The van der Waals surface area contributed by atoms with E-state index in [0.29, 0.717) is 11.5 Å². The second-order valence-corrected chi connectivity index (χ2v) is 5.50. The number of hydrogen-bond donors (Lipinski definition) is 1. The highest BCUT2D eigenvalue weighted by Gasteiger charge is 2.21. The first-order valence-corrected chi connectivity index (χ1v) is 7.27. The van der Waals surface area contributed by atoms with E-state index >= 15 is 0 Å². The number of carbonyl (C=O) groups excluding carboxylic acids is 1. The van der Waals surface area contributed by atoms with Crippen LogP contribution in [-0.2, 0) is 11.8 Å². The number of ether oxygens (including phenoxy) is 2. The normalized spacial score (nSPS) is 13.7. The Hall–Kier alpha value is -2.54. The second-order valence-electron chi connectivity index (χ2n) is 5.12. The number of anilines is 1. The van der Waals surface area contributed by atoms with Gasteiger partial charge >= 0.3 is 0 Å². The summed E-state index contributed by atoms with van der Waals surface area (Å²) in [6, 6.07) is 5.31. The molecule has 1 aromatic carbocycles. The van der Waals surface area contributed by atoms with Crippen molar-refractivity contribution in [2.75, 3.05) is 12.1 Å². The maximum atomic E-state index is 12.4. The lowest BCUT2D eigenvalue weighted by Gasteiger charge is -2.13. The van der Waals surface area contributed by atoms with Crippen LogP contribution in [0.4, 0.5) is 5.69 Å². The molecule has 1 unspecified atom stereocenters. The maximum Gasteiger partial charge on any atom is 0.287 e. The molecule has 0 saturated carbocycles. The summed E-state index contributed by atoms with van der Waals surface area (Å²) in [4.78, 5) is 24.1. The predicted molar refractivity (Wildman–Crippen MR) is 84.1 cm³/mol. The van der Waals surface area contributed by atoms with Crippen molar-refractivity contribution in [2.45, 2.75) is 12.8 Å². The van der Waals surface area contributed by atoms with E-state index in [1.54, 1.807) is 25.1 Å². The highest BCUT2D eigenvalue weighted by molar-refractivity contribution is 6.33. The van der Waals surface area contributed by atoms with Crippen molar-refractivity contribution in [1.29, 1.82) is 0 Å². The van der Waals surface area contributed by atoms with Gasteiger partial charge < -0.3 is 14.8 Å². The molecule has 0 radical (unpaired) electrons. The first-order valence-electron chi connectivity index (χ1n) is 6.89. The van der Waals surface area contributed by atoms with Crippen molar-refractivity contribution < 1.29 is 14.3 Å². The Morgan fingerprint density at radius 2 is 2.13 bits per heavy atom. The lowest BCUT2D eigenvalue weighted by molar-refractivity contribution is -0.117. The average Bonchev–Trinajstić information content (AvgIpc) is 3.02. The lowest BCUT2D eigenvalue weighted by Crippen LogP contribution is -2.24. The van der Waals surface area contributed by atoms with E-state index in [1.165, 1.54) is 13.2 Å². The van der Waals surface area contributed by atoms with Gasteiger partial charge in [0.2, 0.25) is 12.7 Å². The number of amides is 1. The van der Waals surface area contributed by atoms with Gasteiger partial charge in [0.15, 0.2) is 11.5 Å². The van der Waals surface area contributed by atoms with Crippen molar-refractivity contribution in [1.82, 2.24) is 9.78 Å². The predicted octanol–water partition coefficient (Wildman–Crippen LogP) is 1.90. The number of carbonyl (C=O) groups is 1. The third kappa shape index (κ3) is 2.87. The molecule has 1 amide bonds. The number of nitrogens with zero attached hydrogens (tertiary/aromatic N) is 2. The van der Waals surface area contributed by atoms with E-state index in [0.717, 1.165) is 10.2 Å². The summed E-state index contributed by atoms with van der Waals surface area (Å²) in [5.41, 5.74) is 0.479. The molecule has 0 fully saturated rings. The van der Waals surface area contributed by atoms with Gasteiger partial charge in [-0.1, -0.05) is 17.7 Å². The Morgan fingerprint density at radius 1 is 1.39 bits per heavy atom. The smallest absolute Gasteiger partial charge is 0.287 e. The third-order valence-corrected chi connectivity index (χ3v) is 3.99. The third-order valence-electron chi connectivity index (χ3n) is 3.63. The Kier molecular flexibility index (Phi) is 3.96. The van der Waals surface area contributed by atoms with E-state index < -0.39 is 11.5 Å². The number of nitrogens with one attached hydrogen (secondary N) is 1. The molecular formula is C15H14ClN3O4. The summed E-state index contributed by atoms with van der Waals surface area (Å²) in [5.74, 6) is 0.487. The van der Waals surface area contributed by atoms with Gasteiger partial charge in [0.1, 0.15) is 5.02 Å². The molecule has 7 nitrogen and oxygen atoms in total. The van der Waals surface area contributed by atoms with E-state index in [9.17, 15) is 9.59 Å². The molecule has 1 atom stereocenters. The number of benzene rings is 1. The first kappa shape index (κ1) is 15.4. The molecule has 1 aliphatic rings. The molecule has 1 N–H and O–H groups in total. The topological polar surface area (TPSA) is 82.5 Å². The molecule has 2 aromatic rings. The average molecular weight is 336 g/mol. The number of fused-ring (bicyclic) bond motifs is 1. The molecule has 1 aliphatic heterocycles. The number of aromatic nitrogens is 2. The number of aryl methyl sites for hydroxylation is 1. The van der Waals surface area contributed by atoms with Gasteiger partial charge in [-0.15, -0.1) is 0 Å². The summed E-state index contributed by atoms with van der Waals surface area (Å²) in [6.07, 6.45) is 1.34. The van der Waals surface area contributed by atoms with Crippen LogP contribution in [-0.4, -0.2) is 22.5 Å². The van der Waals surface area contributed by atoms with Gasteiger partial charge in [-0.05, 0) is 24.6 Å². The molecule has 8 heteroatoms. The zero-order valence-electron chi connectivity index (χ0n) is 12.5. The first-order chi connectivity index (χ1) is 11.0. The van der Waals surface area contributed by atoms with Gasteiger partial charge in [0, 0.05) is 7.05 Å². The summed E-state index contributed by atoms with van der Waals surface area (Å²) >= 11 is 5.95. The second kappa shape index (κ2) is 5.92. The van der Waals surface area contributed by atoms with Gasteiger partial charge in [-0.3, -0.25) is 9.59 Å². The Balaban J connectivity index is 1.81. The highest BCUT2D eigenvalue weighted by atomic mass is 35.5. The van der Waals surface area contributed by atoms with Crippen LogP contribution in [0.1, 0.15) is 18.4 Å². The van der Waals surface area contributed by atoms with Crippen molar-refractivity contribution in [3.8, 4) is 11.5 Å². The van der Waals surface area contributed by atoms with E-state index in [4.69, 9.17) is 21.1 Å². The Morgan fingerprint density at radius 3 is 2.91 bits per heavy atom. The van der Waals surface area contributed by atoms with Gasteiger partial charge in [0.25, 0.3) is 5.56 Å². The quantitative estimate of drug-likeness (QED) is 0.926. The fourth-order valence-corrected chi connectivity index (χ4v) is 2.39. The number of hydrogen-bond acceptors (Lipinski definition) is 5. The summed E-state index contributed by atoms with van der Waals surface area (Å²) < 4.78 is 11.6. The summed E-state index contributed by atoms with van der Waals surface area (Å²) in [6.45, 7) is 1.92. The lowest BCUT2D eigenvalue weighted by atomic mass is 10.00. The zero-order valence-corrected chi connectivity index (χ0v) is 13.3. The monoisotopic (exact) mass is 335 g/mol. The van der Waals surface area contributed by atoms with Crippen molar-refractivity contribution >= 4 is 23.2 Å². The number of rotatable bonds is 3. The Bertz CT molecular complexity index is 834. The molecule has 1 aromatic heterocycles. The standard InChI is InChI=1S/C15H14ClN3O4/c1-8(9-3-4-11-12(5-9)23-7-22-11)14(20)18-10-6-17-19(2)15(21)13(10)16/h3-6,8H,7H2,1-2H3,(H,18,20). The van der Waals surface area contributed by atoms with Crippen LogP contribution in [0.3, 0.4) is 0 Å². The minimum atomic E-state index is -0.472. The zero-order chi connectivity index (χ0) is 16.6. The molecule has 120 valence electrons. The fourth-order valence-electron chi connectivity index (χ4n) is 2.17. The van der Waals surface area contributed by atoms with Crippen LogP contribution in [0.2, 0.25) is 5.02 Å². The molecule has 0 saturated heterocycles. The minimum Gasteiger partial charge on any atom is -0.454 e. The van der Waals surface area contributed by atoms with Crippen LogP contribution in [0.5, 0.6) is 11.5 Å². The Labute approximate surface area is 136 Å². The van der Waals surface area contributed by atoms with Gasteiger partial charge in [-0.25, -0.2) is 4.68 Å². The molecule has 2 heterocycles. The molecule has 23 heavy (non-hydrogen) atoms. The van der Waals surface area contributed by atoms with Gasteiger partial charge in [0.05, 0.1) is 17.8 Å². The summed E-state index contributed by atoms with van der Waals surface area (Å²) in [7, 11) is 1.48. The van der Waals surface area contributed by atoms with Crippen LogP contribution in [0, 0.1) is 0 Å². The largest absolute Gasteiger partial charge is 0.454 e. The molecule has 3 rings (SSSR count). The van der Waals surface area contributed by atoms with Crippen LogP contribution < -0.4 is 20.3 Å². The van der Waals surface area contributed by atoms with Crippen molar-refractivity contribution in [3.63, 3.8) is 0 Å². The number of halogens is 1. The summed E-state index contributed by atoms with van der Waals surface area (Å²) in [5, 5.41) is 6.39. The molecule has 0 spiro atoms. The van der Waals surface area contributed by atoms with Crippen LogP contribution in [0.25, 0.3) is 0 Å². The van der Waals surface area contributed by atoms with E-state index in [-0.39, 0.29) is 23.4 Å². The van der Waals surface area contributed by atoms with Gasteiger partial charge in [-0.2, -0.15) is 5.10 Å². The van der Waals surface area contributed by atoms with Crippen LogP contribution in [0.15, 0.2) is 29.2 Å². The molecule has 0 aliphatic carbocycles. The van der Waals surface area contributed by atoms with Crippen LogP contribution >= 0.6 is 11.6 Å². The highest BCUT2D eigenvalue weighted by Crippen LogP contribution is 2.34. The maximum absolute atomic E-state index is 12.4. The molecule has 0 bridgehead atoms. The minimum absolute atomic E-state index is 0.0752. The SMILES string of the molecule is CC(C(=O)Nc1cnn(C)c(=O)c1Cl)c1ccc2c(c1)OCO2. The van der Waals surface area contributed by atoms with Crippen molar-refractivity contribution in [3.05, 3.63) is 45.3 Å². The fraction of sp³-hybridized carbons (Fsp3) is 0.267.